The maximum Gasteiger partial charge on any atom is 0.352 e. The lowest BCUT2D eigenvalue weighted by Crippen LogP contribution is -2.30. The normalized spacial score (nSPS) is 11.6. The Morgan fingerprint density at radius 2 is 1.50 bits per heavy atom. The molecule has 0 fully saturated rings. The summed E-state index contributed by atoms with van der Waals surface area (Å²) in [6, 6.07) is 24.0. The lowest BCUT2D eigenvalue weighted by molar-refractivity contribution is -0.142. The van der Waals surface area contributed by atoms with Gasteiger partial charge in [0.05, 0.1) is 12.2 Å². The first kappa shape index (κ1) is 23.1. The molecule has 3 rings (SSSR count). The third-order valence-corrected chi connectivity index (χ3v) is 4.71. The van der Waals surface area contributed by atoms with Crippen LogP contribution in [0.5, 0.6) is 11.5 Å². The van der Waals surface area contributed by atoms with E-state index in [0.29, 0.717) is 24.3 Å². The van der Waals surface area contributed by atoms with Crippen molar-refractivity contribution < 1.29 is 23.8 Å². The second kappa shape index (κ2) is 11.1. The first-order valence-electron chi connectivity index (χ1n) is 10.8. The summed E-state index contributed by atoms with van der Waals surface area (Å²) in [5.74, 6) is 0.130. The molecule has 3 aromatic carbocycles. The first-order valence-corrected chi connectivity index (χ1v) is 10.8. The Morgan fingerprint density at radius 3 is 2.16 bits per heavy atom. The van der Waals surface area contributed by atoms with Gasteiger partial charge in [0.25, 0.3) is 0 Å². The van der Waals surface area contributed by atoms with Crippen molar-refractivity contribution >= 4 is 11.9 Å². The molecule has 0 N–H and O–H groups in total. The van der Waals surface area contributed by atoms with E-state index >= 15 is 0 Å². The van der Waals surface area contributed by atoms with E-state index in [1.807, 2.05) is 75.4 Å². The molecule has 0 spiro atoms. The third-order valence-electron chi connectivity index (χ3n) is 4.71. The minimum absolute atomic E-state index is 0.240. The van der Waals surface area contributed by atoms with Crippen molar-refractivity contribution in [3.8, 4) is 22.6 Å². The summed E-state index contributed by atoms with van der Waals surface area (Å²) in [5, 5.41) is 0. The molecule has 3 aromatic rings. The van der Waals surface area contributed by atoms with Crippen molar-refractivity contribution in [2.75, 3.05) is 6.61 Å². The van der Waals surface area contributed by atoms with E-state index in [0.717, 1.165) is 11.1 Å². The van der Waals surface area contributed by atoms with Gasteiger partial charge in [-0.1, -0.05) is 69.3 Å². The van der Waals surface area contributed by atoms with Crippen LogP contribution in [0.1, 0.15) is 37.6 Å². The maximum atomic E-state index is 12.7. The predicted molar refractivity (Wildman–Crippen MR) is 124 cm³/mol. The van der Waals surface area contributed by atoms with Gasteiger partial charge in [-0.3, -0.25) is 0 Å². The lowest BCUT2D eigenvalue weighted by atomic mass is 10.1. The standard InChI is InChI=1S/C27H28O5/c1-4-25(31-23-15-13-21(14-16-23)20-9-6-5-7-10-20)27(29)32-24-12-8-11-22(17-24)26(28)30-18-19(2)3/h5-17,19,25H,4,18H2,1-3H3. The largest absolute Gasteiger partial charge is 0.479 e. The minimum atomic E-state index is -0.769. The topological polar surface area (TPSA) is 61.8 Å². The molecule has 0 radical (unpaired) electrons. The minimum Gasteiger partial charge on any atom is -0.479 e. The molecule has 5 nitrogen and oxygen atoms in total. The summed E-state index contributed by atoms with van der Waals surface area (Å²) in [6.45, 7) is 6.11. The molecule has 0 aliphatic heterocycles. The Hall–Kier alpha value is -3.60. The van der Waals surface area contributed by atoms with Crippen LogP contribution in [-0.2, 0) is 9.53 Å². The van der Waals surface area contributed by atoms with Crippen molar-refractivity contribution in [2.45, 2.75) is 33.3 Å². The number of rotatable bonds is 9. The van der Waals surface area contributed by atoms with E-state index in [1.54, 1.807) is 18.2 Å². The number of ether oxygens (including phenoxy) is 3. The zero-order chi connectivity index (χ0) is 22.9. The molecule has 0 heterocycles. The molecule has 5 heteroatoms. The molecule has 0 amide bonds. The summed E-state index contributed by atoms with van der Waals surface area (Å²) < 4.78 is 16.6. The molecular formula is C27H28O5. The summed E-state index contributed by atoms with van der Waals surface area (Å²) in [6.07, 6.45) is -0.329. The molecule has 0 aromatic heterocycles. The number of esters is 2. The van der Waals surface area contributed by atoms with E-state index in [9.17, 15) is 9.59 Å². The molecule has 1 unspecified atom stereocenters. The summed E-state index contributed by atoms with van der Waals surface area (Å²) in [7, 11) is 0. The fourth-order valence-electron chi connectivity index (χ4n) is 3.01. The highest BCUT2D eigenvalue weighted by Gasteiger charge is 2.21. The zero-order valence-corrected chi connectivity index (χ0v) is 18.6. The van der Waals surface area contributed by atoms with Gasteiger partial charge in [0.2, 0.25) is 0 Å². The zero-order valence-electron chi connectivity index (χ0n) is 18.6. The number of carbonyl (C=O) groups excluding carboxylic acids is 2. The number of hydrogen-bond donors (Lipinski definition) is 0. The Bertz CT molecular complexity index is 1030. The van der Waals surface area contributed by atoms with E-state index in [1.165, 1.54) is 6.07 Å². The fourth-order valence-corrected chi connectivity index (χ4v) is 3.01. The van der Waals surface area contributed by atoms with Gasteiger partial charge in [-0.15, -0.1) is 0 Å². The van der Waals surface area contributed by atoms with Crippen molar-refractivity contribution in [1.82, 2.24) is 0 Å². The molecule has 0 aliphatic carbocycles. The average molecular weight is 433 g/mol. The summed E-state index contributed by atoms with van der Waals surface area (Å²) in [4.78, 5) is 24.8. The first-order chi connectivity index (χ1) is 15.5. The van der Waals surface area contributed by atoms with Crippen molar-refractivity contribution in [3.63, 3.8) is 0 Å². The second-order valence-electron chi connectivity index (χ2n) is 7.85. The molecule has 166 valence electrons. The smallest absolute Gasteiger partial charge is 0.352 e. The van der Waals surface area contributed by atoms with Gasteiger partial charge in [0, 0.05) is 0 Å². The van der Waals surface area contributed by atoms with Crippen LogP contribution in [0.2, 0.25) is 0 Å². The van der Waals surface area contributed by atoms with E-state index in [-0.39, 0.29) is 11.7 Å². The Kier molecular flexibility index (Phi) is 8.03. The highest BCUT2D eigenvalue weighted by atomic mass is 16.6. The van der Waals surface area contributed by atoms with Gasteiger partial charge in [0.15, 0.2) is 6.10 Å². The van der Waals surface area contributed by atoms with Gasteiger partial charge in [-0.2, -0.15) is 0 Å². The van der Waals surface area contributed by atoms with Gasteiger partial charge in [-0.05, 0) is 53.8 Å². The van der Waals surface area contributed by atoms with Crippen LogP contribution in [0, 0.1) is 5.92 Å². The molecule has 0 saturated carbocycles. The van der Waals surface area contributed by atoms with Crippen molar-refractivity contribution in [1.29, 1.82) is 0 Å². The van der Waals surface area contributed by atoms with Crippen LogP contribution >= 0.6 is 0 Å². The highest BCUT2D eigenvalue weighted by molar-refractivity contribution is 5.90. The van der Waals surface area contributed by atoms with Gasteiger partial charge in [-0.25, -0.2) is 9.59 Å². The van der Waals surface area contributed by atoms with Gasteiger partial charge in [0.1, 0.15) is 11.5 Å². The summed E-state index contributed by atoms with van der Waals surface area (Å²) >= 11 is 0. The molecular weight excluding hydrogens is 404 g/mol. The van der Waals surface area contributed by atoms with E-state index in [2.05, 4.69) is 0 Å². The van der Waals surface area contributed by atoms with Gasteiger partial charge >= 0.3 is 11.9 Å². The Balaban J connectivity index is 1.62. The molecule has 32 heavy (non-hydrogen) atoms. The third kappa shape index (κ3) is 6.45. The van der Waals surface area contributed by atoms with Crippen LogP contribution < -0.4 is 9.47 Å². The SMILES string of the molecule is CCC(Oc1ccc(-c2ccccc2)cc1)C(=O)Oc1cccc(C(=O)OCC(C)C)c1. The van der Waals surface area contributed by atoms with E-state index in [4.69, 9.17) is 14.2 Å². The quantitative estimate of drug-likeness (QED) is 0.310. The fraction of sp³-hybridized carbons (Fsp3) is 0.259. The monoisotopic (exact) mass is 432 g/mol. The highest BCUT2D eigenvalue weighted by Crippen LogP contribution is 2.23. The van der Waals surface area contributed by atoms with Crippen molar-refractivity contribution in [2.24, 2.45) is 5.92 Å². The van der Waals surface area contributed by atoms with E-state index < -0.39 is 18.0 Å². The van der Waals surface area contributed by atoms with Crippen LogP contribution in [-0.4, -0.2) is 24.6 Å². The van der Waals surface area contributed by atoms with Crippen molar-refractivity contribution in [3.05, 3.63) is 84.4 Å². The van der Waals surface area contributed by atoms with Crippen LogP contribution in [0.3, 0.4) is 0 Å². The van der Waals surface area contributed by atoms with Crippen LogP contribution in [0.15, 0.2) is 78.9 Å². The number of benzene rings is 3. The van der Waals surface area contributed by atoms with Crippen LogP contribution in [0.4, 0.5) is 0 Å². The summed E-state index contributed by atoms with van der Waals surface area (Å²) in [5.41, 5.74) is 2.51. The number of carbonyl (C=O) groups is 2. The second-order valence-corrected chi connectivity index (χ2v) is 7.85. The molecule has 0 aliphatic rings. The Morgan fingerprint density at radius 1 is 0.812 bits per heavy atom. The molecule has 0 saturated heterocycles. The lowest BCUT2D eigenvalue weighted by Gasteiger charge is -2.17. The van der Waals surface area contributed by atoms with Gasteiger partial charge < -0.3 is 14.2 Å². The number of hydrogen-bond acceptors (Lipinski definition) is 5. The predicted octanol–water partition coefficient (Wildman–Crippen LogP) is 5.93. The molecule has 0 bridgehead atoms. The maximum absolute atomic E-state index is 12.7. The van der Waals surface area contributed by atoms with Crippen LogP contribution in [0.25, 0.3) is 11.1 Å². The Labute approximate surface area is 188 Å². The molecule has 1 atom stereocenters. The average Bonchev–Trinajstić information content (AvgIpc) is 2.82.